The molecule has 0 aliphatic rings. The fourth-order valence-electron chi connectivity index (χ4n) is 1.74. The van der Waals surface area contributed by atoms with Gasteiger partial charge in [-0.25, -0.2) is 0 Å². The number of carbonyl (C=O) groups is 1. The molecular weight excluding hydrogens is 327 g/mol. The smallest absolute Gasteiger partial charge is 0.264 e. The van der Waals surface area contributed by atoms with Gasteiger partial charge >= 0.3 is 0 Å². The minimum absolute atomic E-state index is 0.114. The van der Waals surface area contributed by atoms with Gasteiger partial charge in [-0.1, -0.05) is 23.2 Å². The maximum absolute atomic E-state index is 11.9. The summed E-state index contributed by atoms with van der Waals surface area (Å²) in [6.07, 6.45) is 0. The van der Waals surface area contributed by atoms with E-state index in [2.05, 4.69) is 5.32 Å². The van der Waals surface area contributed by atoms with E-state index in [1.165, 1.54) is 6.07 Å². The minimum Gasteiger partial charge on any atom is -0.482 e. The van der Waals surface area contributed by atoms with Gasteiger partial charge in [0.1, 0.15) is 23.1 Å². The van der Waals surface area contributed by atoms with Crippen molar-refractivity contribution in [3.63, 3.8) is 0 Å². The van der Waals surface area contributed by atoms with Crippen LogP contribution in [0.5, 0.6) is 5.75 Å². The highest BCUT2D eigenvalue weighted by Crippen LogP contribution is 2.28. The molecule has 0 saturated heterocycles. The van der Waals surface area contributed by atoms with E-state index in [4.69, 9.17) is 37.6 Å². The molecule has 1 aromatic heterocycles. The summed E-state index contributed by atoms with van der Waals surface area (Å²) in [6.45, 7) is 3.17. The van der Waals surface area contributed by atoms with Crippen molar-refractivity contribution in [1.29, 1.82) is 5.26 Å². The van der Waals surface area contributed by atoms with Gasteiger partial charge in [0.25, 0.3) is 5.91 Å². The highest BCUT2D eigenvalue weighted by Gasteiger charge is 2.17. The average Bonchev–Trinajstić information content (AvgIpc) is 2.74. The summed E-state index contributed by atoms with van der Waals surface area (Å²) in [4.78, 5) is 11.9. The Balaban J connectivity index is 2.04. The zero-order valence-corrected chi connectivity index (χ0v) is 13.4. The van der Waals surface area contributed by atoms with E-state index in [1.807, 2.05) is 6.07 Å². The number of ether oxygens (including phenoxy) is 1. The van der Waals surface area contributed by atoms with Crippen LogP contribution in [0, 0.1) is 25.2 Å². The van der Waals surface area contributed by atoms with Crippen molar-refractivity contribution in [2.45, 2.75) is 13.8 Å². The fraction of sp³-hybridized carbons (Fsp3) is 0.200. The van der Waals surface area contributed by atoms with Crippen LogP contribution in [0.4, 0.5) is 5.88 Å². The topological polar surface area (TPSA) is 75.3 Å². The molecule has 7 heteroatoms. The second-order valence-electron chi connectivity index (χ2n) is 4.51. The van der Waals surface area contributed by atoms with E-state index < -0.39 is 5.91 Å². The number of furan rings is 1. The van der Waals surface area contributed by atoms with Crippen molar-refractivity contribution in [3.05, 3.63) is 45.1 Å². The van der Waals surface area contributed by atoms with Crippen molar-refractivity contribution < 1.29 is 13.9 Å². The normalized spacial score (nSPS) is 10.1. The van der Waals surface area contributed by atoms with Crippen LogP contribution in [-0.4, -0.2) is 12.5 Å². The third kappa shape index (κ3) is 3.53. The summed E-state index contributed by atoms with van der Waals surface area (Å²) in [5.41, 5.74) is 0.989. The Morgan fingerprint density at radius 2 is 2.14 bits per heavy atom. The van der Waals surface area contributed by atoms with Crippen molar-refractivity contribution in [2.75, 3.05) is 11.9 Å². The van der Waals surface area contributed by atoms with Gasteiger partial charge in [0.15, 0.2) is 6.61 Å². The summed E-state index contributed by atoms with van der Waals surface area (Å²) in [5.74, 6) is 0.520. The van der Waals surface area contributed by atoms with Gasteiger partial charge in [0.05, 0.1) is 5.02 Å². The van der Waals surface area contributed by atoms with Crippen LogP contribution >= 0.6 is 23.2 Å². The first-order chi connectivity index (χ1) is 10.4. The molecule has 0 bridgehead atoms. The lowest BCUT2D eigenvalue weighted by Gasteiger charge is -2.08. The second kappa shape index (κ2) is 6.73. The van der Waals surface area contributed by atoms with Crippen molar-refractivity contribution >= 4 is 35.0 Å². The number of amides is 1. The van der Waals surface area contributed by atoms with Crippen molar-refractivity contribution in [1.82, 2.24) is 0 Å². The third-order valence-corrected chi connectivity index (χ3v) is 3.55. The van der Waals surface area contributed by atoms with E-state index in [1.54, 1.807) is 26.0 Å². The Labute approximate surface area is 137 Å². The predicted octanol–water partition coefficient (Wildman–Crippen LogP) is 4.09. The van der Waals surface area contributed by atoms with E-state index in [9.17, 15) is 4.79 Å². The summed E-state index contributed by atoms with van der Waals surface area (Å²) < 4.78 is 10.7. The summed E-state index contributed by atoms with van der Waals surface area (Å²) >= 11 is 11.8. The van der Waals surface area contributed by atoms with Crippen LogP contribution in [0.15, 0.2) is 22.6 Å². The van der Waals surface area contributed by atoms with Gasteiger partial charge in [-0.2, -0.15) is 5.26 Å². The van der Waals surface area contributed by atoms with Gasteiger partial charge in [-0.05, 0) is 26.0 Å². The fourth-order valence-corrected chi connectivity index (χ4v) is 2.08. The lowest BCUT2D eigenvalue weighted by Crippen LogP contribution is -2.20. The number of halogens is 2. The highest BCUT2D eigenvalue weighted by atomic mass is 35.5. The molecule has 1 amide bonds. The molecule has 1 N–H and O–H groups in total. The Hall–Kier alpha value is -2.16. The van der Waals surface area contributed by atoms with Crippen LogP contribution < -0.4 is 10.1 Å². The Morgan fingerprint density at radius 3 is 2.82 bits per heavy atom. The summed E-state index contributed by atoms with van der Waals surface area (Å²) in [7, 11) is 0. The van der Waals surface area contributed by atoms with E-state index in [0.717, 1.165) is 0 Å². The quantitative estimate of drug-likeness (QED) is 0.910. The number of hydrogen-bond donors (Lipinski definition) is 1. The van der Waals surface area contributed by atoms with Gasteiger partial charge < -0.3 is 9.15 Å². The zero-order valence-electron chi connectivity index (χ0n) is 11.9. The van der Waals surface area contributed by atoms with Gasteiger partial charge in [-0.15, -0.1) is 0 Å². The Bertz CT molecular complexity index is 763. The molecular formula is C15H12Cl2N2O3. The molecule has 0 saturated carbocycles. The van der Waals surface area contributed by atoms with Crippen LogP contribution in [0.25, 0.3) is 0 Å². The first kappa shape index (κ1) is 16.2. The number of carbonyl (C=O) groups excluding carboxylic acids is 1. The molecule has 114 valence electrons. The standard InChI is InChI=1S/C15H12Cl2N2O3/c1-8-9(2)22-15(11(8)6-18)19-14(20)7-21-13-5-10(16)3-4-12(13)17/h3-5H,7H2,1-2H3,(H,19,20). The lowest BCUT2D eigenvalue weighted by atomic mass is 10.2. The van der Waals surface area contributed by atoms with E-state index in [-0.39, 0.29) is 12.5 Å². The number of aryl methyl sites for hydroxylation is 1. The number of benzene rings is 1. The SMILES string of the molecule is Cc1oc(NC(=O)COc2cc(Cl)ccc2Cl)c(C#N)c1C. The van der Waals surface area contributed by atoms with E-state index >= 15 is 0 Å². The van der Waals surface area contributed by atoms with Crippen molar-refractivity contribution in [2.24, 2.45) is 0 Å². The molecule has 0 unspecified atom stereocenters. The molecule has 0 aliphatic heterocycles. The minimum atomic E-state index is -0.471. The molecule has 0 aliphatic carbocycles. The van der Waals surface area contributed by atoms with Crippen LogP contribution in [0.3, 0.4) is 0 Å². The molecule has 0 fully saturated rings. The lowest BCUT2D eigenvalue weighted by molar-refractivity contribution is -0.118. The van der Waals surface area contributed by atoms with Crippen molar-refractivity contribution in [3.8, 4) is 11.8 Å². The predicted molar refractivity (Wildman–Crippen MR) is 83.5 cm³/mol. The monoisotopic (exact) mass is 338 g/mol. The molecule has 2 rings (SSSR count). The first-order valence-electron chi connectivity index (χ1n) is 6.30. The van der Waals surface area contributed by atoms with E-state index in [0.29, 0.717) is 32.7 Å². The maximum atomic E-state index is 11.9. The summed E-state index contributed by atoms with van der Waals surface area (Å²) in [5, 5.41) is 12.4. The highest BCUT2D eigenvalue weighted by molar-refractivity contribution is 6.34. The molecule has 0 atom stereocenters. The van der Waals surface area contributed by atoms with Gasteiger partial charge in [0, 0.05) is 16.7 Å². The van der Waals surface area contributed by atoms with Crippen LogP contribution in [-0.2, 0) is 4.79 Å². The van der Waals surface area contributed by atoms with Crippen LogP contribution in [0.2, 0.25) is 10.0 Å². The number of rotatable bonds is 4. The van der Waals surface area contributed by atoms with Gasteiger partial charge in [0.2, 0.25) is 5.88 Å². The molecule has 1 aromatic carbocycles. The van der Waals surface area contributed by atoms with Crippen LogP contribution in [0.1, 0.15) is 16.9 Å². The molecule has 22 heavy (non-hydrogen) atoms. The first-order valence-corrected chi connectivity index (χ1v) is 7.05. The summed E-state index contributed by atoms with van der Waals surface area (Å²) in [6, 6.07) is 6.69. The third-order valence-electron chi connectivity index (χ3n) is 3.00. The molecule has 0 radical (unpaired) electrons. The second-order valence-corrected chi connectivity index (χ2v) is 5.35. The number of nitriles is 1. The number of anilines is 1. The number of nitrogens with one attached hydrogen (secondary N) is 1. The zero-order chi connectivity index (χ0) is 16.3. The molecule has 0 spiro atoms. The Morgan fingerprint density at radius 1 is 1.41 bits per heavy atom. The largest absolute Gasteiger partial charge is 0.482 e. The maximum Gasteiger partial charge on any atom is 0.264 e. The molecule has 5 nitrogen and oxygen atoms in total. The molecule has 2 aromatic rings. The molecule has 1 heterocycles. The number of nitrogens with zero attached hydrogens (tertiary/aromatic N) is 1. The Kier molecular flexibility index (Phi) is 4.96. The average molecular weight is 339 g/mol. The van der Waals surface area contributed by atoms with Gasteiger partial charge in [-0.3, -0.25) is 10.1 Å². The number of hydrogen-bond acceptors (Lipinski definition) is 4.